The summed E-state index contributed by atoms with van der Waals surface area (Å²) in [6.07, 6.45) is 1.36. The Kier molecular flexibility index (Phi) is 6.31. The maximum Gasteiger partial charge on any atom is 0.241 e. The number of aromatic hydroxyl groups is 1. The number of anilines is 2. The van der Waals surface area contributed by atoms with Gasteiger partial charge in [0.05, 0.1) is 11.7 Å². The number of hydrogen-bond acceptors (Lipinski definition) is 4. The number of phenolic OH excluding ortho intramolecular Hbond substituents is 1. The van der Waals surface area contributed by atoms with E-state index in [1.165, 1.54) is 0 Å². The van der Waals surface area contributed by atoms with Crippen LogP contribution in [0.2, 0.25) is 0 Å². The van der Waals surface area contributed by atoms with Crippen LogP contribution in [-0.2, 0) is 9.59 Å². The average Bonchev–Trinajstić information content (AvgIpc) is 2.71. The van der Waals surface area contributed by atoms with Crippen LogP contribution in [0.5, 0.6) is 5.75 Å². The summed E-state index contributed by atoms with van der Waals surface area (Å²) in [5, 5.41) is 15.6. The van der Waals surface area contributed by atoms with Crippen molar-refractivity contribution >= 4 is 23.2 Å². The highest BCUT2D eigenvalue weighted by molar-refractivity contribution is 5.95. The molecule has 2 aromatic carbocycles. The van der Waals surface area contributed by atoms with Crippen molar-refractivity contribution in [1.82, 2.24) is 4.90 Å². The lowest BCUT2D eigenvalue weighted by Crippen LogP contribution is -2.47. The van der Waals surface area contributed by atoms with Gasteiger partial charge in [-0.15, -0.1) is 0 Å². The normalized spacial score (nSPS) is 16.4. The monoisotopic (exact) mass is 381 g/mol. The van der Waals surface area contributed by atoms with Crippen molar-refractivity contribution < 1.29 is 14.7 Å². The van der Waals surface area contributed by atoms with Crippen molar-refractivity contribution in [3.63, 3.8) is 0 Å². The smallest absolute Gasteiger partial charge is 0.241 e. The number of amides is 2. The number of phenols is 1. The van der Waals surface area contributed by atoms with Gasteiger partial charge in [0.1, 0.15) is 5.75 Å². The summed E-state index contributed by atoms with van der Waals surface area (Å²) in [5.41, 5.74) is 2.37. The van der Waals surface area contributed by atoms with Crippen molar-refractivity contribution in [2.75, 3.05) is 23.7 Å². The zero-order valence-electron chi connectivity index (χ0n) is 16.3. The number of carbonyl (C=O) groups is 2. The van der Waals surface area contributed by atoms with Crippen LogP contribution in [0.4, 0.5) is 11.4 Å². The molecule has 1 heterocycles. The number of likely N-dealkylation sites (tertiary alicyclic amines) is 1. The molecular weight excluding hydrogens is 354 g/mol. The molecule has 0 bridgehead atoms. The van der Waals surface area contributed by atoms with Gasteiger partial charge in [-0.05, 0) is 64.0 Å². The summed E-state index contributed by atoms with van der Waals surface area (Å²) >= 11 is 0. The molecule has 1 unspecified atom stereocenters. The van der Waals surface area contributed by atoms with Crippen molar-refractivity contribution in [3.8, 4) is 5.75 Å². The molecule has 148 valence electrons. The Morgan fingerprint density at radius 2 is 1.68 bits per heavy atom. The molecule has 28 heavy (non-hydrogen) atoms. The van der Waals surface area contributed by atoms with E-state index in [0.717, 1.165) is 11.3 Å². The zero-order valence-corrected chi connectivity index (χ0v) is 16.3. The molecule has 1 fully saturated rings. The topological polar surface area (TPSA) is 81.7 Å². The number of aryl methyl sites for hydroxylation is 1. The predicted octanol–water partition coefficient (Wildman–Crippen LogP) is 3.38. The van der Waals surface area contributed by atoms with Gasteiger partial charge in [-0.1, -0.05) is 29.8 Å². The fraction of sp³-hybridized carbons (Fsp3) is 0.364. The molecule has 0 spiro atoms. The third kappa shape index (κ3) is 4.89. The van der Waals surface area contributed by atoms with E-state index in [1.807, 2.05) is 38.1 Å². The van der Waals surface area contributed by atoms with Crippen LogP contribution < -0.4 is 10.6 Å². The van der Waals surface area contributed by atoms with Crippen LogP contribution in [0.15, 0.2) is 48.5 Å². The SMILES string of the molecule is Cc1ccc(NC(=O)C(C)N2CCC(C(=O)Nc3ccccc3O)CC2)cc1. The van der Waals surface area contributed by atoms with Gasteiger partial charge in [-0.3, -0.25) is 14.5 Å². The third-order valence-electron chi connectivity index (χ3n) is 5.31. The first-order valence-electron chi connectivity index (χ1n) is 9.64. The molecule has 1 aliphatic heterocycles. The molecule has 2 amide bonds. The number of carbonyl (C=O) groups excluding carboxylic acids is 2. The first kappa shape index (κ1) is 19.9. The van der Waals surface area contributed by atoms with E-state index >= 15 is 0 Å². The Morgan fingerprint density at radius 1 is 1.04 bits per heavy atom. The average molecular weight is 381 g/mol. The minimum Gasteiger partial charge on any atom is -0.506 e. The third-order valence-corrected chi connectivity index (χ3v) is 5.31. The lowest BCUT2D eigenvalue weighted by Gasteiger charge is -2.34. The largest absolute Gasteiger partial charge is 0.506 e. The molecule has 6 nitrogen and oxygen atoms in total. The molecule has 1 saturated heterocycles. The molecule has 0 aliphatic carbocycles. The lowest BCUT2D eigenvalue weighted by atomic mass is 9.94. The van der Waals surface area contributed by atoms with Gasteiger partial charge in [0.15, 0.2) is 0 Å². The minimum atomic E-state index is -0.261. The van der Waals surface area contributed by atoms with Crippen LogP contribution in [0.1, 0.15) is 25.3 Å². The Balaban J connectivity index is 1.50. The van der Waals surface area contributed by atoms with Crippen LogP contribution >= 0.6 is 0 Å². The van der Waals surface area contributed by atoms with Gasteiger partial charge < -0.3 is 15.7 Å². The summed E-state index contributed by atoms with van der Waals surface area (Å²) in [4.78, 5) is 27.1. The zero-order chi connectivity index (χ0) is 20.1. The van der Waals surface area contributed by atoms with Crippen molar-refractivity contribution in [2.24, 2.45) is 5.92 Å². The van der Waals surface area contributed by atoms with Gasteiger partial charge >= 0.3 is 0 Å². The molecule has 3 rings (SSSR count). The van der Waals surface area contributed by atoms with Gasteiger partial charge in [-0.25, -0.2) is 0 Å². The predicted molar refractivity (Wildman–Crippen MR) is 110 cm³/mol. The Morgan fingerprint density at radius 3 is 2.32 bits per heavy atom. The Hall–Kier alpha value is -2.86. The van der Waals surface area contributed by atoms with E-state index in [4.69, 9.17) is 0 Å². The van der Waals surface area contributed by atoms with Crippen LogP contribution in [0, 0.1) is 12.8 Å². The van der Waals surface area contributed by atoms with E-state index in [0.29, 0.717) is 31.6 Å². The maximum atomic E-state index is 12.5. The Labute approximate surface area is 165 Å². The van der Waals surface area contributed by atoms with Crippen molar-refractivity contribution in [2.45, 2.75) is 32.7 Å². The number of rotatable bonds is 5. The first-order chi connectivity index (χ1) is 13.4. The number of piperidine rings is 1. The van der Waals surface area contributed by atoms with Crippen LogP contribution in [-0.4, -0.2) is 41.0 Å². The van der Waals surface area contributed by atoms with Crippen molar-refractivity contribution in [1.29, 1.82) is 0 Å². The molecule has 0 saturated carbocycles. The van der Waals surface area contributed by atoms with Crippen molar-refractivity contribution in [3.05, 3.63) is 54.1 Å². The van der Waals surface area contributed by atoms with E-state index in [9.17, 15) is 14.7 Å². The number of benzene rings is 2. The second kappa shape index (κ2) is 8.89. The van der Waals surface area contributed by atoms with Gasteiger partial charge in [0, 0.05) is 11.6 Å². The van der Waals surface area contributed by atoms with Gasteiger partial charge in [0.2, 0.25) is 11.8 Å². The summed E-state index contributed by atoms with van der Waals surface area (Å²) in [6.45, 7) is 5.27. The molecule has 2 aromatic rings. The fourth-order valence-electron chi connectivity index (χ4n) is 3.41. The van der Waals surface area contributed by atoms with Gasteiger partial charge in [0.25, 0.3) is 0 Å². The lowest BCUT2D eigenvalue weighted by molar-refractivity contribution is -0.123. The number of hydrogen-bond donors (Lipinski definition) is 3. The molecule has 6 heteroatoms. The molecule has 0 radical (unpaired) electrons. The summed E-state index contributed by atoms with van der Waals surface area (Å²) in [7, 11) is 0. The van der Waals surface area contributed by atoms with Crippen LogP contribution in [0.3, 0.4) is 0 Å². The van der Waals surface area contributed by atoms with Gasteiger partial charge in [-0.2, -0.15) is 0 Å². The Bertz CT molecular complexity index is 827. The summed E-state index contributed by atoms with van der Waals surface area (Å²) < 4.78 is 0. The van der Waals surface area contributed by atoms with E-state index < -0.39 is 0 Å². The summed E-state index contributed by atoms with van der Waals surface area (Å²) in [6, 6.07) is 14.2. The molecule has 0 aromatic heterocycles. The minimum absolute atomic E-state index is 0.0408. The van der Waals surface area contributed by atoms with E-state index in [-0.39, 0.29) is 29.5 Å². The highest BCUT2D eigenvalue weighted by Crippen LogP contribution is 2.25. The highest BCUT2D eigenvalue weighted by Gasteiger charge is 2.30. The molecule has 3 N–H and O–H groups in total. The second-order valence-corrected chi connectivity index (χ2v) is 7.35. The molecular formula is C22H27N3O3. The number of para-hydroxylation sites is 2. The maximum absolute atomic E-state index is 12.5. The number of nitrogens with one attached hydrogen (secondary N) is 2. The second-order valence-electron chi connectivity index (χ2n) is 7.35. The first-order valence-corrected chi connectivity index (χ1v) is 9.64. The quantitative estimate of drug-likeness (QED) is 0.694. The fourth-order valence-corrected chi connectivity index (χ4v) is 3.41. The van der Waals surface area contributed by atoms with Crippen LogP contribution in [0.25, 0.3) is 0 Å². The van der Waals surface area contributed by atoms with E-state index in [2.05, 4.69) is 15.5 Å². The standard InChI is InChI=1S/C22H27N3O3/c1-15-7-9-18(10-8-15)23-21(27)16(2)25-13-11-17(12-14-25)22(28)24-19-5-3-4-6-20(19)26/h3-10,16-17,26H,11-14H2,1-2H3,(H,23,27)(H,24,28). The number of nitrogens with zero attached hydrogens (tertiary/aromatic N) is 1. The molecule has 1 aliphatic rings. The highest BCUT2D eigenvalue weighted by atomic mass is 16.3. The summed E-state index contributed by atoms with van der Waals surface area (Å²) in [5.74, 6) is -0.184. The molecule has 1 atom stereocenters. The van der Waals surface area contributed by atoms with E-state index in [1.54, 1.807) is 24.3 Å².